The molecule has 1 aliphatic rings. The van der Waals surface area contributed by atoms with Crippen LogP contribution in [0.15, 0.2) is 12.5 Å². The third kappa shape index (κ3) is 2.44. The molecule has 2 rings (SSSR count). The Labute approximate surface area is 107 Å². The Hall–Kier alpha value is -1.65. The van der Waals surface area contributed by atoms with Crippen molar-refractivity contribution in [2.45, 2.75) is 20.3 Å². The number of esters is 1. The van der Waals surface area contributed by atoms with Gasteiger partial charge in [0.25, 0.3) is 0 Å². The van der Waals surface area contributed by atoms with Crippen molar-refractivity contribution in [3.63, 3.8) is 0 Å². The highest BCUT2D eigenvalue weighted by atomic mass is 16.5. The van der Waals surface area contributed by atoms with E-state index in [1.165, 1.54) is 19.6 Å². The maximum Gasteiger partial charge on any atom is 0.343 e. The summed E-state index contributed by atoms with van der Waals surface area (Å²) in [6.45, 7) is 6.34. The van der Waals surface area contributed by atoms with Crippen molar-refractivity contribution in [1.29, 1.82) is 0 Å². The largest absolute Gasteiger partial charge is 0.465 e. The van der Waals surface area contributed by atoms with E-state index in [0.29, 0.717) is 23.2 Å². The van der Waals surface area contributed by atoms with Crippen molar-refractivity contribution in [3.8, 4) is 0 Å². The van der Waals surface area contributed by atoms with Crippen molar-refractivity contribution in [2.24, 2.45) is 11.8 Å². The highest BCUT2D eigenvalue weighted by molar-refractivity contribution is 5.94. The Morgan fingerprint density at radius 2 is 2.33 bits per heavy atom. The van der Waals surface area contributed by atoms with Crippen LogP contribution >= 0.6 is 0 Å². The summed E-state index contributed by atoms with van der Waals surface area (Å²) in [7, 11) is 1.38. The number of aromatic nitrogens is 2. The van der Waals surface area contributed by atoms with E-state index in [2.05, 4.69) is 28.7 Å². The molecule has 0 aliphatic carbocycles. The van der Waals surface area contributed by atoms with Gasteiger partial charge in [-0.05, 0) is 18.3 Å². The molecule has 2 heterocycles. The van der Waals surface area contributed by atoms with Gasteiger partial charge < -0.3 is 9.64 Å². The quantitative estimate of drug-likeness (QED) is 0.764. The topological polar surface area (TPSA) is 55.3 Å². The molecule has 1 aromatic rings. The molecule has 0 spiro atoms. The predicted octanol–water partition coefficient (Wildman–Crippen LogP) is 1.75. The number of hydrogen-bond acceptors (Lipinski definition) is 5. The van der Waals surface area contributed by atoms with Gasteiger partial charge in [0, 0.05) is 19.3 Å². The monoisotopic (exact) mass is 249 g/mol. The maximum atomic E-state index is 11.7. The first kappa shape index (κ1) is 12.8. The third-order valence-electron chi connectivity index (χ3n) is 3.56. The molecule has 0 aromatic carbocycles. The van der Waals surface area contributed by atoms with Crippen molar-refractivity contribution in [3.05, 3.63) is 18.1 Å². The highest BCUT2D eigenvalue weighted by Crippen LogP contribution is 2.28. The summed E-state index contributed by atoms with van der Waals surface area (Å²) in [5, 5.41) is 0. The second kappa shape index (κ2) is 5.33. The van der Waals surface area contributed by atoms with E-state index in [1.54, 1.807) is 0 Å². The van der Waals surface area contributed by atoms with Gasteiger partial charge in [0.2, 0.25) is 0 Å². The van der Waals surface area contributed by atoms with Crippen LogP contribution in [0, 0.1) is 11.8 Å². The molecule has 0 amide bonds. The van der Waals surface area contributed by atoms with Crippen LogP contribution in [-0.2, 0) is 4.74 Å². The smallest absolute Gasteiger partial charge is 0.343 e. The van der Waals surface area contributed by atoms with E-state index in [1.807, 2.05) is 0 Å². The fourth-order valence-corrected chi connectivity index (χ4v) is 2.35. The highest BCUT2D eigenvalue weighted by Gasteiger charge is 2.28. The van der Waals surface area contributed by atoms with E-state index in [9.17, 15) is 4.79 Å². The third-order valence-corrected chi connectivity index (χ3v) is 3.56. The van der Waals surface area contributed by atoms with Crippen molar-refractivity contribution in [1.82, 2.24) is 9.97 Å². The Morgan fingerprint density at radius 1 is 1.56 bits per heavy atom. The summed E-state index contributed by atoms with van der Waals surface area (Å²) in [6.07, 6.45) is 4.14. The normalized spacial score (nSPS) is 19.3. The standard InChI is InChI=1S/C13H19N3O2/c1-9(2)10-4-5-16(7-10)12-11(13(17)18-3)6-14-8-15-12/h6,8-10H,4-5,7H2,1-3H3. The van der Waals surface area contributed by atoms with Gasteiger partial charge in [-0.25, -0.2) is 14.8 Å². The van der Waals surface area contributed by atoms with Crippen molar-refractivity contribution >= 4 is 11.8 Å². The number of ether oxygens (including phenoxy) is 1. The number of methoxy groups -OCH3 is 1. The van der Waals surface area contributed by atoms with Gasteiger partial charge in [-0.15, -0.1) is 0 Å². The van der Waals surface area contributed by atoms with Gasteiger partial charge in [-0.3, -0.25) is 0 Å². The zero-order valence-electron chi connectivity index (χ0n) is 11.1. The molecule has 0 radical (unpaired) electrons. The summed E-state index contributed by atoms with van der Waals surface area (Å²) in [6, 6.07) is 0. The fraction of sp³-hybridized carbons (Fsp3) is 0.615. The molecule has 1 fully saturated rings. The van der Waals surface area contributed by atoms with Gasteiger partial charge in [0.1, 0.15) is 17.7 Å². The molecule has 1 saturated heterocycles. The zero-order chi connectivity index (χ0) is 13.1. The van der Waals surface area contributed by atoms with Gasteiger partial charge >= 0.3 is 5.97 Å². The lowest BCUT2D eigenvalue weighted by molar-refractivity contribution is 0.0600. The van der Waals surface area contributed by atoms with Gasteiger partial charge in [0.15, 0.2) is 0 Å². The second-order valence-electron chi connectivity index (χ2n) is 4.99. The molecule has 0 saturated carbocycles. The molecule has 0 N–H and O–H groups in total. The predicted molar refractivity (Wildman–Crippen MR) is 68.5 cm³/mol. The molecule has 18 heavy (non-hydrogen) atoms. The average Bonchev–Trinajstić information content (AvgIpc) is 2.87. The number of nitrogens with zero attached hydrogens (tertiary/aromatic N) is 3. The molecule has 5 heteroatoms. The van der Waals surface area contributed by atoms with Crippen LogP contribution < -0.4 is 4.90 Å². The lowest BCUT2D eigenvalue weighted by atomic mass is 9.95. The first-order valence-corrected chi connectivity index (χ1v) is 6.26. The molecular weight excluding hydrogens is 230 g/mol. The van der Waals surface area contributed by atoms with E-state index in [4.69, 9.17) is 4.74 Å². The number of anilines is 1. The summed E-state index contributed by atoms with van der Waals surface area (Å²) >= 11 is 0. The second-order valence-corrected chi connectivity index (χ2v) is 4.99. The minimum Gasteiger partial charge on any atom is -0.465 e. The van der Waals surface area contributed by atoms with Crippen LogP contribution in [0.1, 0.15) is 30.6 Å². The number of hydrogen-bond donors (Lipinski definition) is 0. The van der Waals surface area contributed by atoms with Crippen molar-refractivity contribution in [2.75, 3.05) is 25.1 Å². The minimum atomic E-state index is -0.376. The molecule has 1 unspecified atom stereocenters. The van der Waals surface area contributed by atoms with E-state index in [0.717, 1.165) is 19.5 Å². The molecule has 1 atom stereocenters. The van der Waals surface area contributed by atoms with Crippen LogP contribution in [0.25, 0.3) is 0 Å². The molecule has 98 valence electrons. The number of carbonyl (C=O) groups is 1. The molecule has 0 bridgehead atoms. The van der Waals surface area contributed by atoms with Crippen LogP contribution in [0.2, 0.25) is 0 Å². The van der Waals surface area contributed by atoms with E-state index >= 15 is 0 Å². The van der Waals surface area contributed by atoms with Gasteiger partial charge in [-0.1, -0.05) is 13.8 Å². The molecular formula is C13H19N3O2. The van der Waals surface area contributed by atoms with E-state index < -0.39 is 0 Å². The van der Waals surface area contributed by atoms with Crippen LogP contribution in [0.4, 0.5) is 5.82 Å². The van der Waals surface area contributed by atoms with Gasteiger partial charge in [0.05, 0.1) is 7.11 Å². The maximum absolute atomic E-state index is 11.7. The summed E-state index contributed by atoms with van der Waals surface area (Å²) in [4.78, 5) is 22.0. The Kier molecular flexibility index (Phi) is 3.79. The molecule has 5 nitrogen and oxygen atoms in total. The van der Waals surface area contributed by atoms with Crippen LogP contribution in [-0.4, -0.2) is 36.1 Å². The number of rotatable bonds is 3. The minimum absolute atomic E-state index is 0.376. The fourth-order valence-electron chi connectivity index (χ4n) is 2.35. The van der Waals surface area contributed by atoms with E-state index in [-0.39, 0.29) is 5.97 Å². The summed E-state index contributed by atoms with van der Waals surface area (Å²) in [5.74, 6) is 1.63. The summed E-state index contributed by atoms with van der Waals surface area (Å²) < 4.78 is 4.77. The van der Waals surface area contributed by atoms with Crippen LogP contribution in [0.5, 0.6) is 0 Å². The molecule has 1 aliphatic heterocycles. The average molecular weight is 249 g/mol. The Bertz CT molecular complexity index is 434. The lowest BCUT2D eigenvalue weighted by Crippen LogP contribution is -2.25. The van der Waals surface area contributed by atoms with Crippen LogP contribution in [0.3, 0.4) is 0 Å². The lowest BCUT2D eigenvalue weighted by Gasteiger charge is -2.20. The SMILES string of the molecule is COC(=O)c1cncnc1N1CCC(C(C)C)C1. The first-order chi connectivity index (χ1) is 8.63. The van der Waals surface area contributed by atoms with Crippen molar-refractivity contribution < 1.29 is 9.53 Å². The Morgan fingerprint density at radius 3 is 2.94 bits per heavy atom. The summed E-state index contributed by atoms with van der Waals surface area (Å²) in [5.41, 5.74) is 0.449. The zero-order valence-corrected chi connectivity index (χ0v) is 11.1. The number of carbonyl (C=O) groups excluding carboxylic acids is 1. The molecule has 1 aromatic heterocycles. The first-order valence-electron chi connectivity index (χ1n) is 6.26. The van der Waals surface area contributed by atoms with Gasteiger partial charge in [-0.2, -0.15) is 0 Å². The Balaban J connectivity index is 2.22.